The lowest BCUT2D eigenvalue weighted by atomic mass is 9.99. The summed E-state index contributed by atoms with van der Waals surface area (Å²) in [7, 11) is 0. The summed E-state index contributed by atoms with van der Waals surface area (Å²) in [6.07, 6.45) is 0.663. The lowest BCUT2D eigenvalue weighted by Gasteiger charge is -2.28. The number of ketones is 1. The smallest absolute Gasteiger partial charge is 0.412 e. The standard InChI is InChI=1S/C28H27BrN2O7/c1-18(32)19-11-14-21(15-12-19)30-28(35)38-27(23-17-20(29)13-16-24(23)33)25(9-5-6-10-26(34)31-36)37-22-7-3-2-4-8-22/h2-4,6-8,10-17,25,27,33,36H,5,9H2,1H3,(H,30,35)(H,31,34)/b10-6+/t25-,27-/m0/s1. The number of ether oxygens (including phenoxy) is 2. The molecule has 0 saturated carbocycles. The van der Waals surface area contributed by atoms with Crippen LogP contribution in [0.25, 0.3) is 0 Å². The Morgan fingerprint density at radius 1 is 1.03 bits per heavy atom. The lowest BCUT2D eigenvalue weighted by molar-refractivity contribution is -0.124. The first-order valence-corrected chi connectivity index (χ1v) is 12.5. The average Bonchev–Trinajstić information content (AvgIpc) is 2.91. The van der Waals surface area contributed by atoms with Crippen molar-refractivity contribution in [2.75, 3.05) is 5.32 Å². The van der Waals surface area contributed by atoms with E-state index in [4.69, 9.17) is 14.7 Å². The van der Waals surface area contributed by atoms with Crippen LogP contribution in [0.2, 0.25) is 0 Å². The van der Waals surface area contributed by atoms with Gasteiger partial charge in [-0.1, -0.05) is 40.2 Å². The predicted molar refractivity (Wildman–Crippen MR) is 144 cm³/mol. The molecule has 0 spiro atoms. The number of benzene rings is 3. The SMILES string of the molecule is CC(=O)c1ccc(NC(=O)O[C@@H](c2cc(Br)ccc2O)[C@H](CC/C=C/C(=O)NO)Oc2ccccc2)cc1. The topological polar surface area (TPSA) is 134 Å². The molecule has 0 aromatic heterocycles. The Kier molecular flexibility index (Phi) is 10.4. The van der Waals surface area contributed by atoms with Crippen molar-refractivity contribution in [2.45, 2.75) is 32.0 Å². The molecule has 10 heteroatoms. The van der Waals surface area contributed by atoms with E-state index in [9.17, 15) is 19.5 Å². The molecule has 9 nitrogen and oxygen atoms in total. The maximum atomic E-state index is 13.0. The predicted octanol–water partition coefficient (Wildman–Crippen LogP) is 5.94. The zero-order valence-corrected chi connectivity index (χ0v) is 22.1. The fourth-order valence-corrected chi connectivity index (χ4v) is 3.96. The van der Waals surface area contributed by atoms with E-state index in [1.165, 1.54) is 24.5 Å². The van der Waals surface area contributed by atoms with Crippen LogP contribution in [-0.4, -0.2) is 34.2 Å². The highest BCUT2D eigenvalue weighted by molar-refractivity contribution is 9.10. The molecule has 3 aromatic rings. The third kappa shape index (κ3) is 8.46. The average molecular weight is 583 g/mol. The minimum absolute atomic E-state index is 0.101. The van der Waals surface area contributed by atoms with E-state index in [0.29, 0.717) is 33.5 Å². The van der Waals surface area contributed by atoms with E-state index in [2.05, 4.69) is 21.2 Å². The van der Waals surface area contributed by atoms with Crippen LogP contribution < -0.4 is 15.5 Å². The summed E-state index contributed by atoms with van der Waals surface area (Å²) in [6.45, 7) is 1.45. The molecule has 3 rings (SSSR count). The first kappa shape index (κ1) is 28.4. The molecule has 0 aliphatic heterocycles. The van der Waals surface area contributed by atoms with Crippen LogP contribution in [0.1, 0.15) is 41.8 Å². The molecule has 0 fully saturated rings. The number of allylic oxidation sites excluding steroid dienone is 1. The number of amides is 2. The number of halogens is 1. The van der Waals surface area contributed by atoms with E-state index < -0.39 is 24.2 Å². The highest BCUT2D eigenvalue weighted by atomic mass is 79.9. The molecule has 198 valence electrons. The number of phenolic OH excluding ortho intramolecular Hbond substituents is 1. The highest BCUT2D eigenvalue weighted by Gasteiger charge is 2.31. The van der Waals surface area contributed by atoms with Gasteiger partial charge in [0.2, 0.25) is 0 Å². The third-order valence-corrected chi connectivity index (χ3v) is 5.93. The van der Waals surface area contributed by atoms with Gasteiger partial charge in [-0.2, -0.15) is 0 Å². The van der Waals surface area contributed by atoms with Crippen molar-refractivity contribution in [1.82, 2.24) is 5.48 Å². The number of phenols is 1. The fourth-order valence-electron chi connectivity index (χ4n) is 3.58. The lowest BCUT2D eigenvalue weighted by Crippen LogP contribution is -2.31. The van der Waals surface area contributed by atoms with Gasteiger partial charge in [0.05, 0.1) is 0 Å². The maximum absolute atomic E-state index is 13.0. The van der Waals surface area contributed by atoms with Crippen molar-refractivity contribution in [3.8, 4) is 11.5 Å². The summed E-state index contributed by atoms with van der Waals surface area (Å²) in [6, 6.07) is 20.0. The molecule has 0 bridgehead atoms. The van der Waals surface area contributed by atoms with E-state index in [0.717, 1.165) is 0 Å². The number of aromatic hydroxyl groups is 1. The zero-order chi connectivity index (χ0) is 27.5. The van der Waals surface area contributed by atoms with Crippen molar-refractivity contribution in [1.29, 1.82) is 0 Å². The Morgan fingerprint density at radius 2 is 1.74 bits per heavy atom. The maximum Gasteiger partial charge on any atom is 0.412 e. The summed E-state index contributed by atoms with van der Waals surface area (Å²) < 4.78 is 12.7. The van der Waals surface area contributed by atoms with Gasteiger partial charge in [0.1, 0.15) is 17.6 Å². The third-order valence-electron chi connectivity index (χ3n) is 5.43. The number of hydrogen-bond acceptors (Lipinski definition) is 7. The molecule has 2 atom stereocenters. The van der Waals surface area contributed by atoms with Crippen molar-refractivity contribution in [2.24, 2.45) is 0 Å². The van der Waals surface area contributed by atoms with Crippen molar-refractivity contribution < 1.29 is 34.2 Å². The Balaban J connectivity index is 1.90. The summed E-state index contributed by atoms with van der Waals surface area (Å²) in [5, 5.41) is 22.0. The molecule has 38 heavy (non-hydrogen) atoms. The van der Waals surface area contributed by atoms with Gasteiger partial charge in [0.25, 0.3) is 5.91 Å². The van der Waals surface area contributed by atoms with Gasteiger partial charge in [-0.25, -0.2) is 10.3 Å². The number of anilines is 1. The quantitative estimate of drug-likeness (QED) is 0.0951. The molecule has 2 amide bonds. The molecule has 3 aromatic carbocycles. The molecule has 0 aliphatic rings. The van der Waals surface area contributed by atoms with Gasteiger partial charge in [-0.15, -0.1) is 0 Å². The van der Waals surface area contributed by atoms with E-state index in [-0.39, 0.29) is 18.0 Å². The number of para-hydroxylation sites is 1. The highest BCUT2D eigenvalue weighted by Crippen LogP contribution is 2.35. The van der Waals surface area contributed by atoms with Gasteiger partial charge in [-0.05, 0) is 74.4 Å². The minimum atomic E-state index is -1.07. The van der Waals surface area contributed by atoms with Gasteiger partial charge < -0.3 is 14.6 Å². The van der Waals surface area contributed by atoms with Crippen LogP contribution in [-0.2, 0) is 9.53 Å². The largest absolute Gasteiger partial charge is 0.508 e. The number of rotatable bonds is 11. The van der Waals surface area contributed by atoms with E-state index in [1.54, 1.807) is 66.7 Å². The number of carbonyl (C=O) groups is 3. The first-order valence-electron chi connectivity index (χ1n) is 11.7. The molecule has 0 heterocycles. The van der Waals surface area contributed by atoms with Crippen molar-refractivity contribution in [3.05, 3.63) is 101 Å². The summed E-state index contributed by atoms with van der Waals surface area (Å²) >= 11 is 3.39. The van der Waals surface area contributed by atoms with Gasteiger partial charge in [0, 0.05) is 27.4 Å². The number of carbonyl (C=O) groups excluding carboxylic acids is 3. The number of hydroxylamine groups is 1. The molecule has 0 unspecified atom stereocenters. The minimum Gasteiger partial charge on any atom is -0.508 e. The Labute approximate surface area is 228 Å². The molecule has 0 aliphatic carbocycles. The van der Waals surface area contributed by atoms with E-state index in [1.807, 2.05) is 6.07 Å². The van der Waals surface area contributed by atoms with Crippen LogP contribution in [0.3, 0.4) is 0 Å². The number of hydrogen-bond donors (Lipinski definition) is 4. The summed E-state index contributed by atoms with van der Waals surface area (Å²) in [5.74, 6) is -0.375. The van der Waals surface area contributed by atoms with Crippen molar-refractivity contribution >= 4 is 39.4 Å². The first-order chi connectivity index (χ1) is 18.3. The van der Waals surface area contributed by atoms with Crippen molar-refractivity contribution in [3.63, 3.8) is 0 Å². The van der Waals surface area contributed by atoms with Gasteiger partial charge >= 0.3 is 6.09 Å². The normalized spacial score (nSPS) is 12.4. The number of nitrogens with one attached hydrogen (secondary N) is 2. The summed E-state index contributed by atoms with van der Waals surface area (Å²) in [4.78, 5) is 35.9. The van der Waals surface area contributed by atoms with Crippen LogP contribution in [0.4, 0.5) is 10.5 Å². The molecule has 4 N–H and O–H groups in total. The molecule has 0 saturated heterocycles. The van der Waals surface area contributed by atoms with E-state index >= 15 is 0 Å². The Morgan fingerprint density at radius 3 is 2.39 bits per heavy atom. The Bertz CT molecular complexity index is 1280. The van der Waals surface area contributed by atoms with Crippen LogP contribution in [0.15, 0.2) is 89.4 Å². The Hall–Kier alpha value is -4.15. The second-order valence-electron chi connectivity index (χ2n) is 8.21. The van der Waals surface area contributed by atoms with Crippen LogP contribution in [0, 0.1) is 0 Å². The van der Waals surface area contributed by atoms with Gasteiger partial charge in [-0.3, -0.25) is 20.1 Å². The molecular weight excluding hydrogens is 556 g/mol. The number of Topliss-reactive ketones (excluding diaryl/α,β-unsaturated/α-hetero) is 1. The van der Waals surface area contributed by atoms with Crippen LogP contribution >= 0.6 is 15.9 Å². The monoisotopic (exact) mass is 582 g/mol. The fraction of sp³-hybridized carbons (Fsp3) is 0.179. The second kappa shape index (κ2) is 14.0. The zero-order valence-electron chi connectivity index (χ0n) is 20.5. The molecular formula is C28H27BrN2O7. The summed E-state index contributed by atoms with van der Waals surface area (Å²) in [5.41, 5.74) is 2.74. The van der Waals surface area contributed by atoms with Crippen LogP contribution in [0.5, 0.6) is 11.5 Å². The van der Waals surface area contributed by atoms with Gasteiger partial charge in [0.15, 0.2) is 11.9 Å². The second-order valence-corrected chi connectivity index (χ2v) is 9.13. The molecule has 0 radical (unpaired) electrons.